The van der Waals surface area contributed by atoms with Crippen molar-refractivity contribution in [3.05, 3.63) is 28.0 Å². The zero-order valence-corrected chi connectivity index (χ0v) is 14.1. The number of halogens is 3. The number of esters is 1. The van der Waals surface area contributed by atoms with Crippen molar-refractivity contribution >= 4 is 50.5 Å². The monoisotopic (exact) mass is 382 g/mol. The standard InChI is InChI=1S/C13H13BrClFO3S/c1-3-10(13(18)19-4-2)20-11-5-7(12(15)17)9(16)6-8(11)14/h5-6,10H,3-4H2,1-2H3. The Morgan fingerprint density at radius 3 is 2.60 bits per heavy atom. The fraction of sp³-hybridized carbons (Fsp3) is 0.385. The smallest absolute Gasteiger partial charge is 0.319 e. The molecule has 1 unspecified atom stereocenters. The number of benzene rings is 1. The number of ether oxygens (including phenoxy) is 1. The Bertz CT molecular complexity index is 525. The van der Waals surface area contributed by atoms with Crippen molar-refractivity contribution in [2.75, 3.05) is 6.61 Å². The van der Waals surface area contributed by atoms with Crippen molar-refractivity contribution in [2.24, 2.45) is 0 Å². The molecular weight excluding hydrogens is 371 g/mol. The van der Waals surface area contributed by atoms with Crippen molar-refractivity contribution in [2.45, 2.75) is 30.4 Å². The van der Waals surface area contributed by atoms with E-state index in [1.165, 1.54) is 17.8 Å². The van der Waals surface area contributed by atoms with Gasteiger partial charge in [-0.2, -0.15) is 0 Å². The lowest BCUT2D eigenvalue weighted by Gasteiger charge is -2.14. The zero-order chi connectivity index (χ0) is 15.3. The van der Waals surface area contributed by atoms with E-state index >= 15 is 0 Å². The first kappa shape index (κ1) is 17.5. The Morgan fingerprint density at radius 1 is 1.45 bits per heavy atom. The van der Waals surface area contributed by atoms with Crippen molar-refractivity contribution in [1.82, 2.24) is 0 Å². The van der Waals surface area contributed by atoms with Crippen LogP contribution in [0.3, 0.4) is 0 Å². The number of hydrogen-bond donors (Lipinski definition) is 0. The van der Waals surface area contributed by atoms with Crippen LogP contribution in [0.4, 0.5) is 4.39 Å². The van der Waals surface area contributed by atoms with E-state index in [2.05, 4.69) is 15.9 Å². The number of carbonyl (C=O) groups is 2. The molecule has 0 aliphatic heterocycles. The second-order valence-electron chi connectivity index (χ2n) is 3.80. The summed E-state index contributed by atoms with van der Waals surface area (Å²) in [7, 11) is 0. The van der Waals surface area contributed by atoms with E-state index in [0.29, 0.717) is 22.4 Å². The van der Waals surface area contributed by atoms with E-state index in [1.54, 1.807) is 6.92 Å². The van der Waals surface area contributed by atoms with Gasteiger partial charge in [-0.1, -0.05) is 6.92 Å². The second kappa shape index (κ2) is 8.00. The van der Waals surface area contributed by atoms with Gasteiger partial charge in [-0.25, -0.2) is 4.39 Å². The molecule has 0 saturated heterocycles. The van der Waals surface area contributed by atoms with Crippen molar-refractivity contribution < 1.29 is 18.7 Å². The molecule has 0 N–H and O–H groups in total. The molecule has 0 spiro atoms. The minimum absolute atomic E-state index is 0.212. The SMILES string of the molecule is CCOC(=O)C(CC)Sc1cc(C(=O)Cl)c(F)cc1Br. The van der Waals surface area contributed by atoms with Crippen LogP contribution in [0.2, 0.25) is 0 Å². The highest BCUT2D eigenvalue weighted by Crippen LogP contribution is 2.34. The van der Waals surface area contributed by atoms with Crippen molar-refractivity contribution in [1.29, 1.82) is 0 Å². The topological polar surface area (TPSA) is 43.4 Å². The van der Waals surface area contributed by atoms with Gasteiger partial charge in [0.05, 0.1) is 12.2 Å². The Balaban J connectivity index is 3.04. The number of thioether (sulfide) groups is 1. The lowest BCUT2D eigenvalue weighted by atomic mass is 10.2. The molecule has 0 saturated carbocycles. The highest BCUT2D eigenvalue weighted by molar-refractivity contribution is 9.10. The normalized spacial score (nSPS) is 12.1. The molecule has 0 amide bonds. The van der Waals surface area contributed by atoms with E-state index in [9.17, 15) is 14.0 Å². The van der Waals surface area contributed by atoms with Crippen LogP contribution in [0.25, 0.3) is 0 Å². The van der Waals surface area contributed by atoms with E-state index < -0.39 is 16.3 Å². The number of hydrogen-bond acceptors (Lipinski definition) is 4. The largest absolute Gasteiger partial charge is 0.465 e. The third-order valence-electron chi connectivity index (χ3n) is 2.42. The average Bonchev–Trinajstić information content (AvgIpc) is 2.37. The van der Waals surface area contributed by atoms with Crippen LogP contribution in [0.15, 0.2) is 21.5 Å². The Kier molecular flexibility index (Phi) is 6.99. The van der Waals surface area contributed by atoms with E-state index in [1.807, 2.05) is 6.92 Å². The van der Waals surface area contributed by atoms with Crippen LogP contribution in [-0.4, -0.2) is 23.1 Å². The van der Waals surface area contributed by atoms with Gasteiger partial charge in [0.25, 0.3) is 5.24 Å². The van der Waals surface area contributed by atoms with Gasteiger partial charge in [0, 0.05) is 9.37 Å². The predicted octanol–water partition coefficient (Wildman–Crippen LogP) is 4.40. The molecule has 1 atom stereocenters. The molecule has 0 bridgehead atoms. The molecule has 0 aliphatic rings. The first-order chi connectivity index (χ1) is 9.40. The van der Waals surface area contributed by atoms with Gasteiger partial charge in [-0.05, 0) is 53.0 Å². The summed E-state index contributed by atoms with van der Waals surface area (Å²) in [5, 5.41) is -1.30. The Morgan fingerprint density at radius 2 is 2.10 bits per heavy atom. The van der Waals surface area contributed by atoms with Gasteiger partial charge < -0.3 is 4.74 Å². The molecule has 0 radical (unpaired) electrons. The van der Waals surface area contributed by atoms with Crippen LogP contribution in [0.5, 0.6) is 0 Å². The van der Waals surface area contributed by atoms with Gasteiger partial charge in [-0.15, -0.1) is 11.8 Å². The van der Waals surface area contributed by atoms with Crippen LogP contribution in [-0.2, 0) is 9.53 Å². The van der Waals surface area contributed by atoms with Crippen molar-refractivity contribution in [3.8, 4) is 0 Å². The third kappa shape index (κ3) is 4.46. The van der Waals surface area contributed by atoms with Crippen molar-refractivity contribution in [3.63, 3.8) is 0 Å². The summed E-state index contributed by atoms with van der Waals surface area (Å²) < 4.78 is 19.0. The first-order valence-corrected chi connectivity index (χ1v) is 7.97. The molecule has 0 heterocycles. The lowest BCUT2D eigenvalue weighted by molar-refractivity contribution is -0.142. The maximum absolute atomic E-state index is 13.5. The maximum Gasteiger partial charge on any atom is 0.319 e. The molecule has 7 heteroatoms. The summed E-state index contributed by atoms with van der Waals surface area (Å²) >= 11 is 9.73. The molecule has 110 valence electrons. The predicted molar refractivity (Wildman–Crippen MR) is 80.9 cm³/mol. The summed E-state index contributed by atoms with van der Waals surface area (Å²) in [5.41, 5.74) is -0.212. The fourth-order valence-corrected chi connectivity index (χ4v) is 3.19. The van der Waals surface area contributed by atoms with Gasteiger partial charge in [0.15, 0.2) is 0 Å². The number of carbonyl (C=O) groups excluding carboxylic acids is 2. The summed E-state index contributed by atoms with van der Waals surface area (Å²) in [6.45, 7) is 3.87. The molecule has 20 heavy (non-hydrogen) atoms. The highest BCUT2D eigenvalue weighted by Gasteiger charge is 2.22. The summed E-state index contributed by atoms with van der Waals surface area (Å²) in [4.78, 5) is 23.4. The Labute approximate surface area is 134 Å². The van der Waals surface area contributed by atoms with Crippen LogP contribution in [0, 0.1) is 5.82 Å². The van der Waals surface area contributed by atoms with Crippen LogP contribution < -0.4 is 0 Å². The average molecular weight is 384 g/mol. The molecule has 0 fully saturated rings. The molecule has 1 aromatic carbocycles. The fourth-order valence-electron chi connectivity index (χ4n) is 1.46. The van der Waals surface area contributed by atoms with Gasteiger partial charge in [0.2, 0.25) is 0 Å². The molecule has 1 rings (SSSR count). The number of rotatable bonds is 6. The first-order valence-electron chi connectivity index (χ1n) is 5.92. The lowest BCUT2D eigenvalue weighted by Crippen LogP contribution is -2.19. The maximum atomic E-state index is 13.5. The summed E-state index contributed by atoms with van der Waals surface area (Å²) in [6, 6.07) is 2.50. The van der Waals surface area contributed by atoms with E-state index in [4.69, 9.17) is 16.3 Å². The molecular formula is C13H13BrClFO3S. The van der Waals surface area contributed by atoms with Crippen LogP contribution >= 0.6 is 39.3 Å². The minimum atomic E-state index is -0.874. The second-order valence-corrected chi connectivity index (χ2v) is 6.25. The van der Waals surface area contributed by atoms with Gasteiger partial charge in [-0.3, -0.25) is 9.59 Å². The van der Waals surface area contributed by atoms with Gasteiger partial charge in [0.1, 0.15) is 11.1 Å². The molecule has 0 aromatic heterocycles. The molecule has 1 aromatic rings. The van der Waals surface area contributed by atoms with E-state index in [-0.39, 0.29) is 11.5 Å². The minimum Gasteiger partial charge on any atom is -0.465 e. The van der Waals surface area contributed by atoms with E-state index in [0.717, 1.165) is 6.07 Å². The van der Waals surface area contributed by atoms with Crippen LogP contribution in [0.1, 0.15) is 30.6 Å². The van der Waals surface area contributed by atoms with Gasteiger partial charge >= 0.3 is 5.97 Å². The third-order valence-corrected chi connectivity index (χ3v) is 4.95. The highest BCUT2D eigenvalue weighted by atomic mass is 79.9. The Hall–Kier alpha value is -0.590. The zero-order valence-electron chi connectivity index (χ0n) is 10.9. The summed E-state index contributed by atoms with van der Waals surface area (Å²) in [6.07, 6.45) is 0.553. The summed E-state index contributed by atoms with van der Waals surface area (Å²) in [5.74, 6) is -1.04. The molecule has 0 aliphatic carbocycles. The molecule has 3 nitrogen and oxygen atoms in total. The quantitative estimate of drug-likeness (QED) is 0.415.